The molecule has 37 heavy (non-hydrogen) atoms. The van der Waals surface area contributed by atoms with E-state index in [1.807, 2.05) is 0 Å². The number of rotatable bonds is 8. The normalized spacial score (nSPS) is 22.8. The monoisotopic (exact) mass is 558 g/mol. The molecule has 0 radical (unpaired) electrons. The zero-order chi connectivity index (χ0) is 27.0. The van der Waals surface area contributed by atoms with Gasteiger partial charge in [-0.25, -0.2) is 13.4 Å². The molecule has 0 unspecified atom stereocenters. The summed E-state index contributed by atoms with van der Waals surface area (Å²) in [6.45, 7) is 7.51. The Kier molecular flexibility index (Phi) is 8.32. The highest BCUT2D eigenvalue weighted by molar-refractivity contribution is 7.91. The number of anilines is 1. The van der Waals surface area contributed by atoms with Crippen LogP contribution in [0, 0.1) is 11.8 Å². The van der Waals surface area contributed by atoms with Crippen LogP contribution in [0.25, 0.3) is 0 Å². The van der Waals surface area contributed by atoms with Crippen molar-refractivity contribution in [3.63, 3.8) is 0 Å². The van der Waals surface area contributed by atoms with Gasteiger partial charge in [-0.1, -0.05) is 32.9 Å². The number of aromatic nitrogens is 1. The Morgan fingerprint density at radius 2 is 1.95 bits per heavy atom. The number of fused-ring (bicyclic) bond motifs is 1. The minimum Gasteiger partial charge on any atom is -0.306 e. The van der Waals surface area contributed by atoms with E-state index in [-0.39, 0.29) is 47.3 Å². The third kappa shape index (κ3) is 6.52. The molecule has 204 valence electrons. The van der Waals surface area contributed by atoms with Crippen molar-refractivity contribution in [1.29, 1.82) is 0 Å². The number of nitrogens with zero attached hydrogens (tertiary/aromatic N) is 2. The van der Waals surface area contributed by atoms with E-state index in [1.54, 1.807) is 19.1 Å². The quantitative estimate of drug-likeness (QED) is 0.494. The zero-order valence-electron chi connectivity index (χ0n) is 21.1. The molecule has 1 amide bonds. The van der Waals surface area contributed by atoms with Crippen LogP contribution in [0.1, 0.15) is 55.8 Å². The molecule has 2 aliphatic heterocycles. The van der Waals surface area contributed by atoms with E-state index in [0.29, 0.717) is 36.8 Å². The Hall–Kier alpha value is -2.02. The van der Waals surface area contributed by atoms with Crippen molar-refractivity contribution in [3.05, 3.63) is 40.4 Å². The van der Waals surface area contributed by atoms with Gasteiger partial charge in [0.1, 0.15) is 6.04 Å². The van der Waals surface area contributed by atoms with Crippen LogP contribution in [0.3, 0.4) is 0 Å². The van der Waals surface area contributed by atoms with Crippen LogP contribution in [-0.4, -0.2) is 55.3 Å². The van der Waals surface area contributed by atoms with Gasteiger partial charge in [-0.2, -0.15) is 13.2 Å². The lowest BCUT2D eigenvalue weighted by Gasteiger charge is -2.35. The van der Waals surface area contributed by atoms with E-state index in [4.69, 9.17) is 4.98 Å². The van der Waals surface area contributed by atoms with E-state index < -0.39 is 22.1 Å². The van der Waals surface area contributed by atoms with E-state index in [2.05, 4.69) is 29.4 Å². The van der Waals surface area contributed by atoms with Crippen molar-refractivity contribution in [3.8, 4) is 0 Å². The zero-order valence-corrected chi connectivity index (χ0v) is 22.8. The topological polar surface area (TPSA) is 91.4 Å². The molecule has 3 heterocycles. The molecule has 2 N–H and O–H groups in total. The van der Waals surface area contributed by atoms with Gasteiger partial charge in [0.2, 0.25) is 5.91 Å². The summed E-state index contributed by atoms with van der Waals surface area (Å²) in [7, 11) is -3.29. The van der Waals surface area contributed by atoms with Gasteiger partial charge in [0.05, 0.1) is 28.8 Å². The summed E-state index contributed by atoms with van der Waals surface area (Å²) in [5.74, 6) is 0.187. The molecule has 0 saturated carbocycles. The maximum absolute atomic E-state index is 13.0. The van der Waals surface area contributed by atoms with Crippen LogP contribution in [-0.2, 0) is 27.6 Å². The Morgan fingerprint density at radius 1 is 1.24 bits per heavy atom. The van der Waals surface area contributed by atoms with Gasteiger partial charge in [0.25, 0.3) is 0 Å². The maximum atomic E-state index is 13.0. The molecule has 3 atom stereocenters. The average molecular weight is 559 g/mol. The van der Waals surface area contributed by atoms with Crippen molar-refractivity contribution >= 4 is 32.2 Å². The summed E-state index contributed by atoms with van der Waals surface area (Å²) >= 11 is 1.43. The van der Waals surface area contributed by atoms with E-state index in [1.165, 1.54) is 23.5 Å². The molecule has 12 heteroatoms. The minimum absolute atomic E-state index is 0.0203. The van der Waals surface area contributed by atoms with Gasteiger partial charge in [-0.15, -0.1) is 11.3 Å². The van der Waals surface area contributed by atoms with Gasteiger partial charge in [-0.3, -0.25) is 9.69 Å². The summed E-state index contributed by atoms with van der Waals surface area (Å²) in [5, 5.41) is 6.06. The van der Waals surface area contributed by atoms with Gasteiger partial charge >= 0.3 is 6.18 Å². The first-order valence-electron chi connectivity index (χ1n) is 12.5. The third-order valence-corrected chi connectivity index (χ3v) is 9.78. The van der Waals surface area contributed by atoms with Crippen molar-refractivity contribution in [2.24, 2.45) is 11.8 Å². The standard InChI is InChI=1S/C25H33F3N4O3S2/c1-4-37(34,35)18-8-5-16(6-9-18)11-21(33)30-24-31-22-19(36-24)14-32(23(22)15(2)3)13-17-7-10-20(29-12-17)25(26,27)28/h5-6,8-9,15,17,20,23,29H,4,7,10-14H2,1-3H3,(H,30,31,33)/t17-,20-,23-/m0/s1. The average Bonchev–Trinajstić information content (AvgIpc) is 3.35. The minimum atomic E-state index is -4.20. The number of piperidine rings is 1. The number of amides is 1. The number of hydrogen-bond acceptors (Lipinski definition) is 7. The molecule has 2 aliphatic rings. The lowest BCUT2D eigenvalue weighted by molar-refractivity contribution is -0.162. The molecule has 0 bridgehead atoms. The number of nitrogens with one attached hydrogen (secondary N) is 2. The molecule has 0 spiro atoms. The first kappa shape index (κ1) is 28.0. The number of carbonyl (C=O) groups is 1. The van der Waals surface area contributed by atoms with Crippen LogP contribution in [0.15, 0.2) is 29.2 Å². The highest BCUT2D eigenvalue weighted by Crippen LogP contribution is 2.43. The van der Waals surface area contributed by atoms with Crippen LogP contribution >= 0.6 is 11.3 Å². The van der Waals surface area contributed by atoms with Crippen molar-refractivity contribution in [2.75, 3.05) is 24.2 Å². The van der Waals surface area contributed by atoms with Crippen molar-refractivity contribution in [2.45, 2.75) is 69.7 Å². The number of benzene rings is 1. The van der Waals surface area contributed by atoms with Gasteiger partial charge in [-0.05, 0) is 48.9 Å². The summed E-state index contributed by atoms with van der Waals surface area (Å²) in [6, 6.07) is 4.96. The highest BCUT2D eigenvalue weighted by Gasteiger charge is 2.43. The Balaban J connectivity index is 1.35. The fraction of sp³-hybridized carbons (Fsp3) is 0.600. The molecule has 1 aromatic carbocycles. The smallest absolute Gasteiger partial charge is 0.306 e. The SMILES string of the molecule is CCS(=O)(=O)c1ccc(CC(=O)Nc2nc3c(s2)CN(C[C@H]2CC[C@@H](C(F)(F)F)NC2)[C@H]3C(C)C)cc1. The second kappa shape index (κ2) is 11.0. The molecule has 1 fully saturated rings. The predicted octanol–water partition coefficient (Wildman–Crippen LogP) is 4.56. The van der Waals surface area contributed by atoms with E-state index >= 15 is 0 Å². The van der Waals surface area contributed by atoms with Crippen LogP contribution < -0.4 is 10.6 Å². The maximum Gasteiger partial charge on any atom is 0.403 e. The molecule has 1 aromatic heterocycles. The molecule has 0 aliphatic carbocycles. The molecule has 7 nitrogen and oxygen atoms in total. The largest absolute Gasteiger partial charge is 0.403 e. The molecular weight excluding hydrogens is 525 g/mol. The number of hydrogen-bond donors (Lipinski definition) is 2. The third-order valence-electron chi connectivity index (χ3n) is 7.06. The second-order valence-electron chi connectivity index (χ2n) is 10.2. The summed E-state index contributed by atoms with van der Waals surface area (Å²) in [6.07, 6.45) is -3.47. The number of alkyl halides is 3. The van der Waals surface area contributed by atoms with Crippen molar-refractivity contribution < 1.29 is 26.4 Å². The van der Waals surface area contributed by atoms with E-state index in [0.717, 1.165) is 10.6 Å². The summed E-state index contributed by atoms with van der Waals surface area (Å²) in [4.78, 5) is 21.0. The van der Waals surface area contributed by atoms with Crippen LogP contribution in [0.5, 0.6) is 0 Å². The van der Waals surface area contributed by atoms with Crippen molar-refractivity contribution in [1.82, 2.24) is 15.2 Å². The molecule has 4 rings (SSSR count). The summed E-state index contributed by atoms with van der Waals surface area (Å²) in [5.41, 5.74) is 1.64. The lowest BCUT2D eigenvalue weighted by atomic mass is 9.93. The van der Waals surface area contributed by atoms with Crippen LogP contribution in [0.2, 0.25) is 0 Å². The van der Waals surface area contributed by atoms with E-state index in [9.17, 15) is 26.4 Å². The number of thiazole rings is 1. The second-order valence-corrected chi connectivity index (χ2v) is 13.5. The first-order chi connectivity index (χ1) is 17.4. The number of sulfone groups is 1. The summed E-state index contributed by atoms with van der Waals surface area (Å²) < 4.78 is 62.8. The fourth-order valence-electron chi connectivity index (χ4n) is 5.15. The van der Waals surface area contributed by atoms with Gasteiger partial charge < -0.3 is 10.6 Å². The highest BCUT2D eigenvalue weighted by atomic mass is 32.2. The van der Waals surface area contributed by atoms with Crippen LogP contribution in [0.4, 0.5) is 18.3 Å². The van der Waals surface area contributed by atoms with Gasteiger partial charge in [0.15, 0.2) is 15.0 Å². The Bertz CT molecular complexity index is 1200. The number of carbonyl (C=O) groups excluding carboxylic acids is 1. The first-order valence-corrected chi connectivity index (χ1v) is 15.0. The molecular formula is C25H33F3N4O3S2. The Labute approximate surface area is 219 Å². The predicted molar refractivity (Wildman–Crippen MR) is 137 cm³/mol. The Morgan fingerprint density at radius 3 is 2.51 bits per heavy atom. The number of halogens is 3. The molecule has 2 aromatic rings. The van der Waals surface area contributed by atoms with Gasteiger partial charge in [0, 0.05) is 18.0 Å². The lowest BCUT2D eigenvalue weighted by Crippen LogP contribution is -2.49. The fourth-order valence-corrected chi connectivity index (χ4v) is 7.07. The molecule has 1 saturated heterocycles.